The topological polar surface area (TPSA) is 98.0 Å². The second kappa shape index (κ2) is 14.0. The number of ether oxygens (including phenoxy) is 2. The fraction of sp³-hybridized carbons (Fsp3) is 0.250. The molecule has 1 aromatic heterocycles. The maximum atomic E-state index is 14.6. The molecule has 0 saturated heterocycles. The van der Waals surface area contributed by atoms with Crippen LogP contribution in [0.15, 0.2) is 72.9 Å². The zero-order valence-electron chi connectivity index (χ0n) is 22.1. The van der Waals surface area contributed by atoms with E-state index in [9.17, 15) is 19.1 Å². The first-order valence-electron chi connectivity index (χ1n) is 13.2. The molecule has 0 aliphatic rings. The Kier molecular flexibility index (Phi) is 9.93. The van der Waals surface area contributed by atoms with Gasteiger partial charge in [-0.1, -0.05) is 42.5 Å². The van der Waals surface area contributed by atoms with Crippen LogP contribution in [0.4, 0.5) is 4.39 Å². The molecule has 0 spiro atoms. The van der Waals surface area contributed by atoms with Crippen molar-refractivity contribution < 1.29 is 33.7 Å². The average molecular weight is 546 g/mol. The van der Waals surface area contributed by atoms with Gasteiger partial charge < -0.3 is 24.3 Å². The largest absolute Gasteiger partial charge is 0.494 e. The number of benzene rings is 3. The summed E-state index contributed by atoms with van der Waals surface area (Å²) in [5.41, 5.74) is 2.74. The van der Waals surface area contributed by atoms with Crippen molar-refractivity contribution in [3.63, 3.8) is 0 Å². The molecular formula is C32H32FNO6. The molecule has 1 heterocycles. The number of nitrogens with zero attached hydrogens (tertiary/aromatic N) is 1. The molecule has 208 valence electrons. The molecule has 2 N–H and O–H groups in total. The van der Waals surface area contributed by atoms with E-state index in [1.165, 1.54) is 12.1 Å². The second-order valence-corrected chi connectivity index (χ2v) is 9.43. The van der Waals surface area contributed by atoms with E-state index in [0.717, 1.165) is 35.5 Å². The van der Waals surface area contributed by atoms with Crippen molar-refractivity contribution in [3.05, 3.63) is 95.4 Å². The van der Waals surface area contributed by atoms with E-state index in [1.54, 1.807) is 16.8 Å². The van der Waals surface area contributed by atoms with Gasteiger partial charge >= 0.3 is 11.9 Å². The molecule has 8 heteroatoms. The molecule has 4 aromatic rings. The highest BCUT2D eigenvalue weighted by molar-refractivity contribution is 5.94. The van der Waals surface area contributed by atoms with Gasteiger partial charge in [-0.05, 0) is 73.2 Å². The minimum atomic E-state index is -1.02. The fourth-order valence-corrected chi connectivity index (χ4v) is 4.50. The van der Waals surface area contributed by atoms with E-state index in [1.807, 2.05) is 60.7 Å². The van der Waals surface area contributed by atoms with Gasteiger partial charge in [-0.3, -0.25) is 9.59 Å². The third-order valence-electron chi connectivity index (χ3n) is 6.35. The van der Waals surface area contributed by atoms with Crippen LogP contribution < -0.4 is 9.47 Å². The smallest absolute Gasteiger partial charge is 0.323 e. The number of hydrogen-bond acceptors (Lipinski definition) is 4. The van der Waals surface area contributed by atoms with Crippen LogP contribution in [0.3, 0.4) is 0 Å². The summed E-state index contributed by atoms with van der Waals surface area (Å²) in [5, 5.41) is 19.0. The third-order valence-corrected chi connectivity index (χ3v) is 6.35. The lowest BCUT2D eigenvalue weighted by Crippen LogP contribution is -2.08. The van der Waals surface area contributed by atoms with Gasteiger partial charge in [0, 0.05) is 23.6 Å². The van der Waals surface area contributed by atoms with Crippen LogP contribution in [0.5, 0.6) is 11.5 Å². The van der Waals surface area contributed by atoms with Crippen LogP contribution in [0, 0.1) is 5.82 Å². The summed E-state index contributed by atoms with van der Waals surface area (Å²) in [6, 6.07) is 20.0. The number of carbonyl (C=O) groups is 2. The zero-order valence-corrected chi connectivity index (χ0v) is 22.1. The average Bonchev–Trinajstić information content (AvgIpc) is 3.26. The Morgan fingerprint density at radius 3 is 2.15 bits per heavy atom. The quantitative estimate of drug-likeness (QED) is 0.128. The van der Waals surface area contributed by atoms with Crippen LogP contribution >= 0.6 is 0 Å². The number of hydrogen-bond donors (Lipinski definition) is 2. The standard InChI is InChI=1S/C32H32FNO6/c33-26-19-24(32-29(20-26)25(7-6-10-30(35)36)21-34(32)22-31(37)38)14-11-23-12-15-28(16-13-23)40-18-5-4-17-39-27-8-2-1-3-9-27/h1-3,8-9,11-16,19-21H,4-7,10,17-18,22H2,(H,35,36)(H,37,38)/b14-11+. The molecule has 0 aliphatic carbocycles. The predicted octanol–water partition coefficient (Wildman–Crippen LogP) is 6.68. The minimum absolute atomic E-state index is 0.0178. The van der Waals surface area contributed by atoms with Gasteiger partial charge in [0.05, 0.1) is 18.7 Å². The maximum absolute atomic E-state index is 14.6. The van der Waals surface area contributed by atoms with E-state index in [2.05, 4.69) is 0 Å². The Bertz CT molecular complexity index is 1460. The fourth-order valence-electron chi connectivity index (χ4n) is 4.50. The summed E-state index contributed by atoms with van der Waals surface area (Å²) in [6.07, 6.45) is 7.77. The monoisotopic (exact) mass is 545 g/mol. The summed E-state index contributed by atoms with van der Waals surface area (Å²) in [7, 11) is 0. The van der Waals surface area contributed by atoms with Crippen LogP contribution in [-0.4, -0.2) is 39.9 Å². The van der Waals surface area contributed by atoms with E-state index in [4.69, 9.17) is 14.6 Å². The van der Waals surface area contributed by atoms with E-state index in [-0.39, 0.29) is 13.0 Å². The van der Waals surface area contributed by atoms with Crippen LogP contribution in [0.1, 0.15) is 42.4 Å². The molecule has 0 atom stereocenters. The van der Waals surface area contributed by atoms with Gasteiger partial charge in [-0.2, -0.15) is 0 Å². The summed E-state index contributed by atoms with van der Waals surface area (Å²) in [6.45, 7) is 0.917. The van der Waals surface area contributed by atoms with Crippen LogP contribution in [0.25, 0.3) is 23.1 Å². The molecule has 4 rings (SSSR count). The number of rotatable bonds is 15. The molecule has 7 nitrogen and oxygen atoms in total. The third kappa shape index (κ3) is 8.20. The van der Waals surface area contributed by atoms with Gasteiger partial charge in [-0.25, -0.2) is 4.39 Å². The normalized spacial score (nSPS) is 11.2. The molecule has 0 bridgehead atoms. The highest BCUT2D eigenvalue weighted by Crippen LogP contribution is 2.29. The maximum Gasteiger partial charge on any atom is 0.323 e. The van der Waals surface area contributed by atoms with E-state index < -0.39 is 17.8 Å². The van der Waals surface area contributed by atoms with Gasteiger partial charge in [0.2, 0.25) is 0 Å². The molecule has 40 heavy (non-hydrogen) atoms. The number of carboxylic acid groups (broad SMARTS) is 2. The molecule has 0 amide bonds. The molecule has 0 fully saturated rings. The van der Waals surface area contributed by atoms with Gasteiger partial charge in [0.15, 0.2) is 0 Å². The molecule has 0 unspecified atom stereocenters. The number of unbranched alkanes of at least 4 members (excludes halogenated alkanes) is 1. The summed E-state index contributed by atoms with van der Waals surface area (Å²) >= 11 is 0. The number of aromatic nitrogens is 1. The summed E-state index contributed by atoms with van der Waals surface area (Å²) in [5.74, 6) is -0.771. The Hall–Kier alpha value is -4.59. The highest BCUT2D eigenvalue weighted by Gasteiger charge is 2.15. The van der Waals surface area contributed by atoms with Gasteiger partial charge in [-0.15, -0.1) is 0 Å². The number of para-hydroxylation sites is 1. The highest BCUT2D eigenvalue weighted by atomic mass is 19.1. The number of aliphatic carboxylic acids is 2. The van der Waals surface area contributed by atoms with Crippen LogP contribution in [0.2, 0.25) is 0 Å². The Morgan fingerprint density at radius 1 is 0.825 bits per heavy atom. The SMILES string of the molecule is O=C(O)CCCc1cn(CC(=O)O)c2c(/C=C/c3ccc(OCCCCOc4ccccc4)cc3)cc(F)cc12. The second-order valence-electron chi connectivity index (χ2n) is 9.43. The van der Waals surface area contributed by atoms with Crippen molar-refractivity contribution in [3.8, 4) is 11.5 Å². The first-order valence-corrected chi connectivity index (χ1v) is 13.2. The predicted molar refractivity (Wildman–Crippen MR) is 152 cm³/mol. The lowest BCUT2D eigenvalue weighted by Gasteiger charge is -2.08. The lowest BCUT2D eigenvalue weighted by molar-refractivity contribution is -0.138. The molecule has 0 saturated carbocycles. The molecule has 3 aromatic carbocycles. The molecular weight excluding hydrogens is 513 g/mol. The van der Waals surface area contributed by atoms with E-state index in [0.29, 0.717) is 42.5 Å². The Morgan fingerprint density at radius 2 is 1.50 bits per heavy atom. The number of aryl methyl sites for hydroxylation is 1. The van der Waals surface area contributed by atoms with Gasteiger partial charge in [0.25, 0.3) is 0 Å². The van der Waals surface area contributed by atoms with Crippen molar-refractivity contribution in [2.75, 3.05) is 13.2 Å². The van der Waals surface area contributed by atoms with Gasteiger partial charge in [0.1, 0.15) is 23.9 Å². The Balaban J connectivity index is 1.39. The van der Waals surface area contributed by atoms with Crippen molar-refractivity contribution in [1.82, 2.24) is 4.57 Å². The zero-order chi connectivity index (χ0) is 28.3. The minimum Gasteiger partial charge on any atom is -0.494 e. The number of fused-ring (bicyclic) bond motifs is 1. The molecule has 0 aliphatic heterocycles. The summed E-state index contributed by atoms with van der Waals surface area (Å²) < 4.78 is 27.7. The first-order chi connectivity index (χ1) is 19.4. The van der Waals surface area contributed by atoms with E-state index >= 15 is 0 Å². The number of carboxylic acids is 2. The number of halogens is 1. The van der Waals surface area contributed by atoms with Crippen molar-refractivity contribution in [2.24, 2.45) is 0 Å². The van der Waals surface area contributed by atoms with Crippen molar-refractivity contribution in [1.29, 1.82) is 0 Å². The van der Waals surface area contributed by atoms with Crippen molar-refractivity contribution >= 4 is 35.0 Å². The van der Waals surface area contributed by atoms with Crippen LogP contribution in [-0.2, 0) is 22.6 Å². The lowest BCUT2D eigenvalue weighted by atomic mass is 10.0. The first kappa shape index (κ1) is 28.4. The Labute approximate surface area is 232 Å². The summed E-state index contributed by atoms with van der Waals surface area (Å²) in [4.78, 5) is 22.4. The molecule has 0 radical (unpaired) electrons. The van der Waals surface area contributed by atoms with Crippen molar-refractivity contribution in [2.45, 2.75) is 38.6 Å².